The molecule has 1 aliphatic heterocycles. The number of hydrogen-bond acceptors (Lipinski definition) is 8. The van der Waals surface area contributed by atoms with Gasteiger partial charge in [0.1, 0.15) is 6.54 Å². The number of carbonyl (C=O) groups is 4. The van der Waals surface area contributed by atoms with Crippen molar-refractivity contribution in [2.45, 2.75) is 33.3 Å². The summed E-state index contributed by atoms with van der Waals surface area (Å²) in [4.78, 5) is 50.4. The number of amides is 3. The standard InChI is InChI=1S/C26H28N2O7S/c1-5-17-6-9-19(10-7-17)27-23(29)14-28-25(31)22(36-26(28)32)13-18-8-11-20(21(12-18)33-4)34-15-24(30)35-16(2)3/h6-13,16H,5,14-15H2,1-4H3,(H,27,29)/b22-13-. The molecule has 1 fully saturated rings. The summed E-state index contributed by atoms with van der Waals surface area (Å²) in [7, 11) is 1.45. The van der Waals surface area contributed by atoms with Crippen molar-refractivity contribution < 1.29 is 33.4 Å². The third kappa shape index (κ3) is 7.11. The molecule has 0 saturated carbocycles. The molecule has 0 aromatic heterocycles. The van der Waals surface area contributed by atoms with Gasteiger partial charge in [-0.1, -0.05) is 25.1 Å². The van der Waals surface area contributed by atoms with Gasteiger partial charge in [0, 0.05) is 5.69 Å². The fourth-order valence-electron chi connectivity index (χ4n) is 3.28. The molecule has 3 amide bonds. The third-order valence-corrected chi connectivity index (χ3v) is 5.93. The van der Waals surface area contributed by atoms with E-state index in [-0.39, 0.29) is 24.2 Å². The number of thioether (sulfide) groups is 1. The number of methoxy groups -OCH3 is 1. The van der Waals surface area contributed by atoms with Gasteiger partial charge in [0.2, 0.25) is 5.91 Å². The van der Waals surface area contributed by atoms with Crippen molar-refractivity contribution in [3.05, 3.63) is 58.5 Å². The summed E-state index contributed by atoms with van der Waals surface area (Å²) >= 11 is 0.753. The van der Waals surface area contributed by atoms with Gasteiger partial charge in [-0.25, -0.2) is 4.79 Å². The SMILES string of the molecule is CCc1ccc(NC(=O)CN2C(=O)S/C(=C\c3ccc(OCC(=O)OC(C)C)c(OC)c3)C2=O)cc1. The lowest BCUT2D eigenvalue weighted by Crippen LogP contribution is -2.36. The van der Waals surface area contributed by atoms with E-state index >= 15 is 0 Å². The number of anilines is 1. The number of ether oxygens (including phenoxy) is 3. The molecule has 0 unspecified atom stereocenters. The van der Waals surface area contributed by atoms with Crippen LogP contribution in [0.2, 0.25) is 0 Å². The summed E-state index contributed by atoms with van der Waals surface area (Å²) in [5, 5.41) is 2.17. The van der Waals surface area contributed by atoms with Crippen LogP contribution in [-0.2, 0) is 25.5 Å². The molecule has 0 radical (unpaired) electrons. The van der Waals surface area contributed by atoms with Crippen molar-refractivity contribution in [1.29, 1.82) is 0 Å². The average molecular weight is 513 g/mol. The van der Waals surface area contributed by atoms with Gasteiger partial charge in [0.15, 0.2) is 18.1 Å². The van der Waals surface area contributed by atoms with E-state index in [0.29, 0.717) is 22.7 Å². The maximum absolute atomic E-state index is 12.8. The van der Waals surface area contributed by atoms with Gasteiger partial charge >= 0.3 is 5.97 Å². The Hall–Kier alpha value is -3.79. The summed E-state index contributed by atoms with van der Waals surface area (Å²) in [6.45, 7) is 4.85. The molecule has 36 heavy (non-hydrogen) atoms. The molecule has 3 rings (SSSR count). The van der Waals surface area contributed by atoms with Crippen molar-refractivity contribution in [3.8, 4) is 11.5 Å². The molecule has 1 saturated heterocycles. The highest BCUT2D eigenvalue weighted by molar-refractivity contribution is 8.18. The Morgan fingerprint density at radius 1 is 1.08 bits per heavy atom. The minimum absolute atomic E-state index is 0.177. The highest BCUT2D eigenvalue weighted by Crippen LogP contribution is 2.34. The third-order valence-electron chi connectivity index (χ3n) is 5.02. The van der Waals surface area contributed by atoms with Crippen molar-refractivity contribution in [1.82, 2.24) is 4.90 Å². The first-order valence-electron chi connectivity index (χ1n) is 11.3. The van der Waals surface area contributed by atoms with Gasteiger partial charge in [0.05, 0.1) is 18.1 Å². The van der Waals surface area contributed by atoms with E-state index in [1.807, 2.05) is 19.1 Å². The molecule has 0 bridgehead atoms. The number of nitrogens with one attached hydrogen (secondary N) is 1. The van der Waals surface area contributed by atoms with E-state index in [0.717, 1.165) is 28.6 Å². The number of aryl methyl sites for hydroxylation is 1. The Kier molecular flexibility index (Phi) is 9.13. The first-order valence-corrected chi connectivity index (χ1v) is 12.2. The summed E-state index contributed by atoms with van der Waals surface area (Å²) in [6, 6.07) is 12.2. The molecular weight excluding hydrogens is 484 g/mol. The molecular formula is C26H28N2O7S. The first kappa shape index (κ1) is 26.8. The fraction of sp³-hybridized carbons (Fsp3) is 0.308. The lowest BCUT2D eigenvalue weighted by molar-refractivity contribution is -0.149. The van der Waals surface area contributed by atoms with Gasteiger partial charge in [-0.2, -0.15) is 0 Å². The van der Waals surface area contributed by atoms with Crippen LogP contribution in [0.15, 0.2) is 47.4 Å². The van der Waals surface area contributed by atoms with Crippen LogP contribution in [0.1, 0.15) is 31.9 Å². The maximum Gasteiger partial charge on any atom is 0.344 e. The number of esters is 1. The van der Waals surface area contributed by atoms with E-state index in [1.54, 1.807) is 44.2 Å². The summed E-state index contributed by atoms with van der Waals surface area (Å²) < 4.78 is 15.8. The molecule has 0 spiro atoms. The van der Waals surface area contributed by atoms with Crippen LogP contribution >= 0.6 is 11.8 Å². The molecule has 1 N–H and O–H groups in total. The molecule has 2 aromatic carbocycles. The summed E-state index contributed by atoms with van der Waals surface area (Å²) in [5.74, 6) is -0.869. The Bertz CT molecular complexity index is 1180. The van der Waals surface area contributed by atoms with Crippen molar-refractivity contribution >= 4 is 46.5 Å². The van der Waals surface area contributed by atoms with Gasteiger partial charge in [-0.15, -0.1) is 0 Å². The second kappa shape index (κ2) is 12.3. The molecule has 0 atom stereocenters. The van der Waals surface area contributed by atoms with Crippen LogP contribution in [0.25, 0.3) is 6.08 Å². The second-order valence-electron chi connectivity index (χ2n) is 8.10. The topological polar surface area (TPSA) is 111 Å². The van der Waals surface area contributed by atoms with Gasteiger partial charge < -0.3 is 19.5 Å². The highest BCUT2D eigenvalue weighted by atomic mass is 32.2. The fourth-order valence-corrected chi connectivity index (χ4v) is 4.12. The Labute approximate surface area is 213 Å². The van der Waals surface area contributed by atoms with Crippen molar-refractivity contribution in [2.24, 2.45) is 0 Å². The first-order chi connectivity index (χ1) is 17.2. The monoisotopic (exact) mass is 512 g/mol. The quantitative estimate of drug-likeness (QED) is 0.371. The van der Waals surface area contributed by atoms with Gasteiger partial charge in [0.25, 0.3) is 11.1 Å². The number of nitrogens with zero attached hydrogens (tertiary/aromatic N) is 1. The normalized spacial score (nSPS) is 14.4. The predicted molar refractivity (Wildman–Crippen MR) is 137 cm³/mol. The maximum atomic E-state index is 12.8. The van der Waals surface area contributed by atoms with E-state index in [9.17, 15) is 19.2 Å². The zero-order chi connectivity index (χ0) is 26.2. The number of benzene rings is 2. The van der Waals surface area contributed by atoms with Crippen LogP contribution in [0.4, 0.5) is 10.5 Å². The average Bonchev–Trinajstić information content (AvgIpc) is 3.10. The van der Waals surface area contributed by atoms with E-state index < -0.39 is 23.0 Å². The summed E-state index contributed by atoms with van der Waals surface area (Å²) in [5.41, 5.74) is 2.30. The van der Waals surface area contributed by atoms with Crippen molar-refractivity contribution in [2.75, 3.05) is 25.6 Å². The zero-order valence-corrected chi connectivity index (χ0v) is 21.3. The van der Waals surface area contributed by atoms with E-state index in [2.05, 4.69) is 5.32 Å². The zero-order valence-electron chi connectivity index (χ0n) is 20.5. The molecule has 1 aliphatic rings. The predicted octanol–water partition coefficient (Wildman–Crippen LogP) is 4.26. The van der Waals surface area contributed by atoms with Gasteiger partial charge in [-0.05, 0) is 73.5 Å². The minimum atomic E-state index is -0.558. The van der Waals surface area contributed by atoms with Crippen LogP contribution in [0.3, 0.4) is 0 Å². The lowest BCUT2D eigenvalue weighted by atomic mass is 10.1. The number of hydrogen-bond donors (Lipinski definition) is 1. The molecule has 1 heterocycles. The van der Waals surface area contributed by atoms with Crippen LogP contribution < -0.4 is 14.8 Å². The Balaban J connectivity index is 1.65. The molecule has 10 heteroatoms. The van der Waals surface area contributed by atoms with Crippen LogP contribution in [-0.4, -0.2) is 54.3 Å². The highest BCUT2D eigenvalue weighted by Gasteiger charge is 2.36. The number of rotatable bonds is 10. The van der Waals surface area contributed by atoms with Gasteiger partial charge in [-0.3, -0.25) is 19.3 Å². The van der Waals surface area contributed by atoms with E-state index in [4.69, 9.17) is 14.2 Å². The largest absolute Gasteiger partial charge is 0.493 e. The number of imide groups is 1. The molecule has 0 aliphatic carbocycles. The molecule has 2 aromatic rings. The lowest BCUT2D eigenvalue weighted by Gasteiger charge is -2.13. The van der Waals surface area contributed by atoms with Crippen LogP contribution in [0, 0.1) is 0 Å². The molecule has 190 valence electrons. The Morgan fingerprint density at radius 3 is 2.44 bits per heavy atom. The second-order valence-corrected chi connectivity index (χ2v) is 9.10. The summed E-state index contributed by atoms with van der Waals surface area (Å²) in [6.07, 6.45) is 2.16. The Morgan fingerprint density at radius 2 is 1.81 bits per heavy atom. The van der Waals surface area contributed by atoms with E-state index in [1.165, 1.54) is 13.2 Å². The minimum Gasteiger partial charge on any atom is -0.493 e. The number of carbonyl (C=O) groups excluding carboxylic acids is 4. The molecule has 9 nitrogen and oxygen atoms in total. The van der Waals surface area contributed by atoms with Crippen LogP contribution in [0.5, 0.6) is 11.5 Å². The smallest absolute Gasteiger partial charge is 0.344 e. The van der Waals surface area contributed by atoms with Crippen molar-refractivity contribution in [3.63, 3.8) is 0 Å².